The SMILES string of the molecule is CC(CCCC(O)CN=[N+]=[N-])(c1cccc(I)c1)c1cnc(-c2cc(Oc3c(F)cc4[nH]ccc4c3/C=C/C(=O)O)ccc2F)[nH]1. The summed E-state index contributed by atoms with van der Waals surface area (Å²) in [5, 5.41) is 23.4. The quantitative estimate of drug-likeness (QED) is 0.0313. The maximum absolute atomic E-state index is 15.3. The minimum absolute atomic E-state index is 0.0113. The zero-order valence-electron chi connectivity index (χ0n) is 24.5. The molecule has 10 nitrogen and oxygen atoms in total. The summed E-state index contributed by atoms with van der Waals surface area (Å²) >= 11 is 2.24. The lowest BCUT2D eigenvalue weighted by Gasteiger charge is -2.30. The van der Waals surface area contributed by atoms with Crippen molar-refractivity contribution < 1.29 is 28.5 Å². The number of aromatic nitrogens is 3. The van der Waals surface area contributed by atoms with Crippen LogP contribution in [-0.4, -0.2) is 43.8 Å². The van der Waals surface area contributed by atoms with Crippen LogP contribution in [0.1, 0.15) is 43.0 Å². The number of rotatable bonds is 13. The van der Waals surface area contributed by atoms with Gasteiger partial charge in [-0.05, 0) is 102 Å². The first kappa shape index (κ1) is 32.7. The number of carbonyl (C=O) groups is 1. The molecule has 2 atom stereocenters. The van der Waals surface area contributed by atoms with Crippen LogP contribution in [0.4, 0.5) is 8.78 Å². The van der Waals surface area contributed by atoms with Gasteiger partial charge in [0.05, 0.1) is 18.2 Å². The van der Waals surface area contributed by atoms with Gasteiger partial charge in [-0.15, -0.1) is 0 Å². The third-order valence-electron chi connectivity index (χ3n) is 7.81. The molecule has 2 unspecified atom stereocenters. The number of benzene rings is 3. The van der Waals surface area contributed by atoms with E-state index in [9.17, 15) is 15.0 Å². The van der Waals surface area contributed by atoms with E-state index in [1.807, 2.05) is 25.1 Å². The summed E-state index contributed by atoms with van der Waals surface area (Å²) in [7, 11) is 0. The molecular weight excluding hydrogens is 709 g/mol. The van der Waals surface area contributed by atoms with E-state index in [0.29, 0.717) is 35.9 Å². The molecule has 46 heavy (non-hydrogen) atoms. The maximum Gasteiger partial charge on any atom is 0.328 e. The summed E-state index contributed by atoms with van der Waals surface area (Å²) in [5.41, 5.74) is 10.4. The van der Waals surface area contributed by atoms with Crippen molar-refractivity contribution in [3.63, 3.8) is 0 Å². The number of hydrogen-bond donors (Lipinski definition) is 4. The summed E-state index contributed by atoms with van der Waals surface area (Å²) in [6.07, 6.45) is 6.24. The molecule has 5 aromatic rings. The van der Waals surface area contributed by atoms with E-state index in [2.05, 4.69) is 53.6 Å². The van der Waals surface area contributed by atoms with Crippen LogP contribution in [0.5, 0.6) is 11.5 Å². The number of carboxylic acids is 1. The number of fused-ring (bicyclic) bond motifs is 1. The van der Waals surface area contributed by atoms with Gasteiger partial charge in [-0.2, -0.15) is 0 Å². The Morgan fingerprint density at radius 1 is 1.22 bits per heavy atom. The van der Waals surface area contributed by atoms with Gasteiger partial charge in [0.2, 0.25) is 0 Å². The smallest absolute Gasteiger partial charge is 0.328 e. The number of carboxylic acid groups (broad SMARTS) is 1. The zero-order chi connectivity index (χ0) is 32.8. The Balaban J connectivity index is 1.48. The monoisotopic (exact) mass is 738 g/mol. The molecule has 0 radical (unpaired) electrons. The molecule has 0 saturated carbocycles. The fourth-order valence-corrected chi connectivity index (χ4v) is 5.93. The number of nitrogens with one attached hydrogen (secondary N) is 2. The molecule has 13 heteroatoms. The molecule has 0 amide bonds. The number of azide groups is 1. The average Bonchev–Trinajstić information content (AvgIpc) is 3.71. The topological polar surface area (TPSA) is 160 Å². The zero-order valence-corrected chi connectivity index (χ0v) is 26.7. The van der Waals surface area contributed by atoms with Gasteiger partial charge in [-0.1, -0.05) is 17.2 Å². The van der Waals surface area contributed by atoms with Crippen LogP contribution in [0.15, 0.2) is 78.2 Å². The molecule has 0 fully saturated rings. The minimum Gasteiger partial charge on any atom is -0.478 e. The Morgan fingerprint density at radius 3 is 2.80 bits per heavy atom. The first-order valence-corrected chi connectivity index (χ1v) is 15.4. The van der Waals surface area contributed by atoms with Crippen LogP contribution in [0.2, 0.25) is 0 Å². The van der Waals surface area contributed by atoms with Gasteiger partial charge in [0.1, 0.15) is 17.4 Å². The molecule has 236 valence electrons. The number of aliphatic carboxylic acids is 1. The van der Waals surface area contributed by atoms with Crippen LogP contribution < -0.4 is 4.74 Å². The van der Waals surface area contributed by atoms with Crippen molar-refractivity contribution >= 4 is 45.5 Å². The van der Waals surface area contributed by atoms with Crippen molar-refractivity contribution in [3.05, 3.63) is 116 Å². The van der Waals surface area contributed by atoms with Crippen molar-refractivity contribution in [3.8, 4) is 22.9 Å². The first-order chi connectivity index (χ1) is 22.1. The first-order valence-electron chi connectivity index (χ1n) is 14.3. The number of aromatic amines is 2. The van der Waals surface area contributed by atoms with E-state index in [1.165, 1.54) is 30.3 Å². The van der Waals surface area contributed by atoms with E-state index in [1.54, 1.807) is 18.5 Å². The second-order valence-electron chi connectivity index (χ2n) is 10.9. The van der Waals surface area contributed by atoms with Crippen molar-refractivity contribution in [2.75, 3.05) is 6.54 Å². The average molecular weight is 739 g/mol. The van der Waals surface area contributed by atoms with Gasteiger partial charge in [0, 0.05) is 60.6 Å². The Morgan fingerprint density at radius 2 is 2.04 bits per heavy atom. The second-order valence-corrected chi connectivity index (χ2v) is 12.1. The van der Waals surface area contributed by atoms with Crippen molar-refractivity contribution in [1.29, 1.82) is 0 Å². The summed E-state index contributed by atoms with van der Waals surface area (Å²) in [6, 6.07) is 14.8. The Bertz CT molecular complexity index is 1970. The molecule has 2 heterocycles. The molecule has 3 aromatic carbocycles. The summed E-state index contributed by atoms with van der Waals surface area (Å²) < 4.78 is 37.5. The molecule has 4 N–H and O–H groups in total. The lowest BCUT2D eigenvalue weighted by molar-refractivity contribution is -0.131. The van der Waals surface area contributed by atoms with Crippen LogP contribution in [0, 0.1) is 15.2 Å². The summed E-state index contributed by atoms with van der Waals surface area (Å²) in [4.78, 5) is 24.6. The van der Waals surface area contributed by atoms with E-state index in [-0.39, 0.29) is 35.0 Å². The van der Waals surface area contributed by atoms with E-state index in [4.69, 9.17) is 10.3 Å². The normalized spacial score (nSPS) is 13.4. The van der Waals surface area contributed by atoms with Gasteiger partial charge < -0.3 is 24.9 Å². The van der Waals surface area contributed by atoms with Crippen LogP contribution in [0.25, 0.3) is 38.8 Å². The summed E-state index contributed by atoms with van der Waals surface area (Å²) in [5.74, 6) is -2.40. The number of imidazole rings is 1. The molecule has 0 aliphatic carbocycles. The van der Waals surface area contributed by atoms with Crippen LogP contribution in [-0.2, 0) is 10.2 Å². The van der Waals surface area contributed by atoms with E-state index < -0.39 is 29.1 Å². The van der Waals surface area contributed by atoms with Gasteiger partial charge in [-0.3, -0.25) is 0 Å². The molecular formula is C33H29F2IN6O4. The van der Waals surface area contributed by atoms with Crippen molar-refractivity contribution in [2.45, 2.75) is 37.7 Å². The van der Waals surface area contributed by atoms with E-state index >= 15 is 8.78 Å². The number of hydrogen-bond acceptors (Lipinski definition) is 5. The Labute approximate surface area is 275 Å². The Hall–Kier alpha value is -4.72. The predicted octanol–water partition coefficient (Wildman–Crippen LogP) is 8.48. The van der Waals surface area contributed by atoms with Crippen molar-refractivity contribution in [1.82, 2.24) is 15.0 Å². The van der Waals surface area contributed by atoms with Gasteiger partial charge in [-0.25, -0.2) is 18.6 Å². The highest BCUT2D eigenvalue weighted by Gasteiger charge is 2.31. The molecule has 5 rings (SSSR count). The highest BCUT2D eigenvalue weighted by molar-refractivity contribution is 14.1. The molecule has 0 aliphatic rings. The molecule has 0 aliphatic heterocycles. The largest absolute Gasteiger partial charge is 0.478 e. The van der Waals surface area contributed by atoms with Gasteiger partial charge in [0.15, 0.2) is 11.6 Å². The van der Waals surface area contributed by atoms with Crippen LogP contribution >= 0.6 is 22.6 Å². The van der Waals surface area contributed by atoms with Crippen LogP contribution in [0.3, 0.4) is 0 Å². The number of nitrogens with zero attached hydrogens (tertiary/aromatic N) is 4. The number of ether oxygens (including phenoxy) is 1. The highest BCUT2D eigenvalue weighted by atomic mass is 127. The van der Waals surface area contributed by atoms with E-state index in [0.717, 1.165) is 15.2 Å². The highest BCUT2D eigenvalue weighted by Crippen LogP contribution is 2.39. The third-order valence-corrected chi connectivity index (χ3v) is 8.48. The number of H-pyrrole nitrogens is 2. The molecule has 0 spiro atoms. The lowest BCUT2D eigenvalue weighted by Crippen LogP contribution is -2.25. The third kappa shape index (κ3) is 7.22. The maximum atomic E-state index is 15.3. The van der Waals surface area contributed by atoms with Gasteiger partial charge >= 0.3 is 5.97 Å². The molecule has 2 aromatic heterocycles. The van der Waals surface area contributed by atoms with Gasteiger partial charge in [0.25, 0.3) is 0 Å². The molecule has 0 saturated heterocycles. The Kier molecular flexibility index (Phi) is 10.0. The minimum atomic E-state index is -1.21. The van der Waals surface area contributed by atoms with Crippen molar-refractivity contribution in [2.24, 2.45) is 5.11 Å². The second kappa shape index (κ2) is 14.1. The number of halogens is 3. The standard InChI is InChI=1S/C33H29F2IN6O4/c1-33(19-4-2-5-20(36)14-19,12-3-6-21(43)17-40-42-37)29-18-39-32(41-29)25-15-22(7-9-26(25)34)46-31-24(8-10-30(44)45)23-11-13-38-28(23)16-27(31)35/h2,4-5,7-11,13-16,18,21,38,43H,3,6,12,17H2,1H3,(H,39,41)(H,44,45)/b10-8+. The number of aliphatic hydroxyl groups is 1. The lowest BCUT2D eigenvalue weighted by atomic mass is 9.75. The fraction of sp³-hybridized carbons (Fsp3) is 0.212. The fourth-order valence-electron chi connectivity index (χ4n) is 5.39. The number of aliphatic hydroxyl groups excluding tert-OH is 1. The predicted molar refractivity (Wildman–Crippen MR) is 178 cm³/mol. The molecule has 0 bridgehead atoms. The summed E-state index contributed by atoms with van der Waals surface area (Å²) in [6.45, 7) is 2.03.